The van der Waals surface area contributed by atoms with Gasteiger partial charge in [0.25, 0.3) is 11.8 Å². The van der Waals surface area contributed by atoms with Crippen LogP contribution in [0.25, 0.3) is 0 Å². The maximum Gasteiger partial charge on any atom is 0.269 e. The molecule has 1 saturated heterocycles. The normalized spacial score (nSPS) is 13.4. The number of para-hydroxylation sites is 1. The number of hydrogen-bond donors (Lipinski definition) is 2. The smallest absolute Gasteiger partial charge is 0.269 e. The molecule has 0 bridgehead atoms. The largest absolute Gasteiger partial charge is 0.378 e. The topological polar surface area (TPSA) is 109 Å². The first-order chi connectivity index (χ1) is 15.7. The number of pyridine rings is 1. The van der Waals surface area contributed by atoms with Gasteiger partial charge in [-0.3, -0.25) is 14.6 Å². The van der Waals surface area contributed by atoms with E-state index in [0.717, 1.165) is 0 Å². The molecule has 9 heteroatoms. The van der Waals surface area contributed by atoms with Crippen molar-refractivity contribution in [3.8, 4) is 0 Å². The minimum absolute atomic E-state index is 0.275. The Labute approximate surface area is 185 Å². The number of nitrogens with one attached hydrogen (secondary N) is 2. The fourth-order valence-electron chi connectivity index (χ4n) is 3.30. The summed E-state index contributed by atoms with van der Waals surface area (Å²) >= 11 is 0. The molecule has 0 atom stereocenters. The molecule has 32 heavy (non-hydrogen) atoms. The molecule has 0 aliphatic carbocycles. The average Bonchev–Trinajstić information content (AvgIpc) is 2.85. The van der Waals surface area contributed by atoms with E-state index in [0.29, 0.717) is 67.9 Å². The molecule has 2 amide bonds. The number of hydrogen-bond acceptors (Lipinski definition) is 7. The highest BCUT2D eigenvalue weighted by Gasteiger charge is 2.19. The fourth-order valence-corrected chi connectivity index (χ4v) is 3.30. The molecule has 4 rings (SSSR count). The summed E-state index contributed by atoms with van der Waals surface area (Å²) in [5.41, 5.74) is 1.96. The molecule has 3 heterocycles. The van der Waals surface area contributed by atoms with Crippen LogP contribution in [0.1, 0.15) is 26.5 Å². The fraction of sp³-hybridized carbons (Fsp3) is 0.261. The molecule has 0 radical (unpaired) electrons. The van der Waals surface area contributed by atoms with Gasteiger partial charge in [0.2, 0.25) is 5.95 Å². The third-order valence-corrected chi connectivity index (χ3v) is 4.97. The molecule has 3 aromatic rings. The first-order valence-corrected chi connectivity index (χ1v) is 10.4. The Morgan fingerprint density at radius 2 is 1.75 bits per heavy atom. The van der Waals surface area contributed by atoms with Crippen molar-refractivity contribution in [1.82, 2.24) is 20.3 Å². The van der Waals surface area contributed by atoms with Crippen molar-refractivity contribution < 1.29 is 14.3 Å². The van der Waals surface area contributed by atoms with Gasteiger partial charge in [-0.2, -0.15) is 0 Å². The molecule has 9 nitrogen and oxygen atoms in total. The second-order valence-electron chi connectivity index (χ2n) is 7.17. The van der Waals surface area contributed by atoms with E-state index in [1.165, 1.54) is 0 Å². The number of rotatable bonds is 7. The predicted octanol–water partition coefficient (Wildman–Crippen LogP) is 1.93. The highest BCUT2D eigenvalue weighted by Crippen LogP contribution is 2.16. The molecule has 1 aromatic carbocycles. The monoisotopic (exact) mass is 432 g/mol. The Morgan fingerprint density at radius 3 is 2.50 bits per heavy atom. The molecular weight excluding hydrogens is 408 g/mol. The molecule has 2 aromatic heterocycles. The van der Waals surface area contributed by atoms with E-state index in [2.05, 4.69) is 25.6 Å². The number of carbonyl (C=O) groups is 2. The summed E-state index contributed by atoms with van der Waals surface area (Å²) in [6, 6.07) is 14.4. The zero-order valence-electron chi connectivity index (χ0n) is 17.5. The quantitative estimate of drug-likeness (QED) is 0.587. The Balaban J connectivity index is 1.50. The Kier molecular flexibility index (Phi) is 6.98. The van der Waals surface area contributed by atoms with Crippen molar-refractivity contribution in [2.75, 3.05) is 43.1 Å². The van der Waals surface area contributed by atoms with E-state index in [1.54, 1.807) is 30.6 Å². The van der Waals surface area contributed by atoms with E-state index in [9.17, 15) is 9.59 Å². The third kappa shape index (κ3) is 5.44. The molecule has 0 saturated carbocycles. The van der Waals surface area contributed by atoms with E-state index in [-0.39, 0.29) is 11.8 Å². The van der Waals surface area contributed by atoms with E-state index in [1.807, 2.05) is 35.2 Å². The minimum Gasteiger partial charge on any atom is -0.378 e. The number of nitrogens with zero attached hydrogens (tertiary/aromatic N) is 4. The maximum atomic E-state index is 12.9. The van der Waals surface area contributed by atoms with Crippen molar-refractivity contribution in [2.45, 2.75) is 6.42 Å². The molecule has 1 aliphatic heterocycles. The van der Waals surface area contributed by atoms with Crippen LogP contribution in [-0.4, -0.2) is 59.6 Å². The number of anilines is 2. The van der Waals surface area contributed by atoms with Crippen molar-refractivity contribution in [3.05, 3.63) is 77.9 Å². The van der Waals surface area contributed by atoms with Crippen molar-refractivity contribution in [1.29, 1.82) is 0 Å². The van der Waals surface area contributed by atoms with Crippen molar-refractivity contribution in [2.24, 2.45) is 0 Å². The van der Waals surface area contributed by atoms with Crippen LogP contribution >= 0.6 is 0 Å². The number of morpholine rings is 1. The van der Waals surface area contributed by atoms with Gasteiger partial charge in [0, 0.05) is 44.1 Å². The van der Waals surface area contributed by atoms with Gasteiger partial charge in [0.1, 0.15) is 5.69 Å². The maximum absolute atomic E-state index is 12.9. The number of benzene rings is 1. The Hall–Kier alpha value is -3.85. The lowest BCUT2D eigenvalue weighted by atomic mass is 10.1. The lowest BCUT2D eigenvalue weighted by Crippen LogP contribution is -2.37. The summed E-state index contributed by atoms with van der Waals surface area (Å²) in [6.07, 6.45) is 3.49. The van der Waals surface area contributed by atoms with Gasteiger partial charge >= 0.3 is 0 Å². The van der Waals surface area contributed by atoms with Crippen LogP contribution in [0.15, 0.2) is 60.9 Å². The van der Waals surface area contributed by atoms with Gasteiger partial charge in [-0.15, -0.1) is 0 Å². The number of aromatic nitrogens is 3. The van der Waals surface area contributed by atoms with Crippen LogP contribution in [0.5, 0.6) is 0 Å². The van der Waals surface area contributed by atoms with Crippen molar-refractivity contribution >= 4 is 23.5 Å². The van der Waals surface area contributed by atoms with Gasteiger partial charge in [-0.05, 0) is 24.3 Å². The van der Waals surface area contributed by atoms with Gasteiger partial charge in [-0.1, -0.05) is 24.3 Å². The minimum atomic E-state index is -0.296. The molecule has 2 N–H and O–H groups in total. The van der Waals surface area contributed by atoms with E-state index < -0.39 is 0 Å². The van der Waals surface area contributed by atoms with Crippen LogP contribution in [0.3, 0.4) is 0 Å². The number of amides is 2. The number of carbonyl (C=O) groups excluding carboxylic acids is 2. The second kappa shape index (κ2) is 10.5. The van der Waals surface area contributed by atoms with E-state index in [4.69, 9.17) is 4.74 Å². The lowest BCUT2D eigenvalue weighted by Gasteiger charge is -2.27. The second-order valence-corrected chi connectivity index (χ2v) is 7.17. The zero-order chi connectivity index (χ0) is 22.2. The zero-order valence-corrected chi connectivity index (χ0v) is 17.5. The molecule has 164 valence electrons. The Bertz CT molecular complexity index is 1060. The summed E-state index contributed by atoms with van der Waals surface area (Å²) in [4.78, 5) is 40.4. The first-order valence-electron chi connectivity index (χ1n) is 10.4. The molecule has 1 aliphatic rings. The SMILES string of the molecule is O=C(NCCc1nc(N2CCOCC2)ncc1C(=O)Nc1ccccc1)c1ccccn1. The standard InChI is InChI=1S/C23H24N6O3/c30-21(27-17-6-2-1-3-7-17)18-16-26-23(29-12-14-32-15-13-29)28-19(18)9-11-25-22(31)20-8-4-5-10-24-20/h1-8,10,16H,9,11-15H2,(H,25,31)(H,27,30). The summed E-state index contributed by atoms with van der Waals surface area (Å²) in [7, 11) is 0. The number of ether oxygens (including phenoxy) is 1. The van der Waals surface area contributed by atoms with Crippen LogP contribution in [0.2, 0.25) is 0 Å². The molecule has 0 unspecified atom stereocenters. The van der Waals surface area contributed by atoms with Gasteiger partial charge in [0.15, 0.2) is 0 Å². The highest BCUT2D eigenvalue weighted by atomic mass is 16.5. The third-order valence-electron chi connectivity index (χ3n) is 4.97. The van der Waals surface area contributed by atoms with Gasteiger partial charge in [0.05, 0.1) is 24.5 Å². The Morgan fingerprint density at radius 1 is 0.969 bits per heavy atom. The molecule has 1 fully saturated rings. The van der Waals surface area contributed by atoms with Crippen molar-refractivity contribution in [3.63, 3.8) is 0 Å². The highest BCUT2D eigenvalue weighted by molar-refractivity contribution is 6.04. The summed E-state index contributed by atoms with van der Waals surface area (Å²) < 4.78 is 5.40. The predicted molar refractivity (Wildman–Crippen MR) is 120 cm³/mol. The van der Waals surface area contributed by atoms with Gasteiger partial charge < -0.3 is 20.3 Å². The molecule has 0 spiro atoms. The van der Waals surface area contributed by atoms with Crippen LogP contribution in [0.4, 0.5) is 11.6 Å². The first kappa shape index (κ1) is 21.4. The summed E-state index contributed by atoms with van der Waals surface area (Å²) in [6.45, 7) is 2.89. The van der Waals surface area contributed by atoms with Crippen LogP contribution < -0.4 is 15.5 Å². The van der Waals surface area contributed by atoms with Crippen LogP contribution in [-0.2, 0) is 11.2 Å². The van der Waals surface area contributed by atoms with Crippen LogP contribution in [0, 0.1) is 0 Å². The van der Waals surface area contributed by atoms with Gasteiger partial charge in [-0.25, -0.2) is 9.97 Å². The summed E-state index contributed by atoms with van der Waals surface area (Å²) in [5.74, 6) is -0.0188. The lowest BCUT2D eigenvalue weighted by molar-refractivity contribution is 0.0949. The van der Waals surface area contributed by atoms with E-state index >= 15 is 0 Å². The summed E-state index contributed by atoms with van der Waals surface area (Å²) in [5, 5.41) is 5.71. The molecular formula is C23H24N6O3. The average molecular weight is 432 g/mol.